The molecule has 0 heterocycles. The Labute approximate surface area is 198 Å². The van der Waals surface area contributed by atoms with E-state index in [-0.39, 0.29) is 17.1 Å². The number of rotatable bonds is 7. The summed E-state index contributed by atoms with van der Waals surface area (Å²) in [5.41, 5.74) is 5.22. The molecule has 0 saturated carbocycles. The number of sulfonamides is 1. The molecule has 0 fully saturated rings. The number of anilines is 1. The second-order valence-corrected chi connectivity index (χ2v) is 9.75. The third-order valence-corrected chi connectivity index (χ3v) is 7.06. The molecule has 0 saturated heterocycles. The van der Waals surface area contributed by atoms with Gasteiger partial charge >= 0.3 is 6.18 Å². The normalized spacial score (nSPS) is 11.9. The molecule has 3 aromatic rings. The van der Waals surface area contributed by atoms with E-state index in [1.165, 1.54) is 18.2 Å². The summed E-state index contributed by atoms with van der Waals surface area (Å²) in [4.78, 5) is 11.1. The Morgan fingerprint density at radius 3 is 2.27 bits per heavy atom. The molecule has 0 radical (unpaired) electrons. The van der Waals surface area contributed by atoms with Crippen molar-refractivity contribution >= 4 is 44.8 Å². The number of halogens is 5. The predicted octanol–water partition coefficient (Wildman–Crippen LogP) is 5.28. The van der Waals surface area contributed by atoms with Crippen molar-refractivity contribution in [1.29, 1.82) is 0 Å². The molecule has 1 amide bonds. The minimum Gasteiger partial charge on any atom is -0.368 e. The van der Waals surface area contributed by atoms with Crippen LogP contribution < -0.4 is 10.0 Å². The first-order chi connectivity index (χ1) is 15.4. The monoisotopic (exact) mass is 516 g/mol. The van der Waals surface area contributed by atoms with Gasteiger partial charge in [-0.25, -0.2) is 8.42 Å². The van der Waals surface area contributed by atoms with Gasteiger partial charge in [0, 0.05) is 16.5 Å². The van der Waals surface area contributed by atoms with Crippen LogP contribution in [0.5, 0.6) is 0 Å². The Hall–Kier alpha value is -2.75. The number of carbonyl (C=O) groups is 1. The molecule has 0 unspecified atom stereocenters. The highest BCUT2D eigenvalue weighted by molar-refractivity contribution is 7.92. The number of amides is 1. The summed E-state index contributed by atoms with van der Waals surface area (Å²) >= 11 is 12.3. The highest BCUT2D eigenvalue weighted by atomic mass is 35.5. The molecule has 3 aromatic carbocycles. The van der Waals surface area contributed by atoms with Crippen LogP contribution in [0, 0.1) is 0 Å². The van der Waals surface area contributed by atoms with Crippen molar-refractivity contribution in [2.24, 2.45) is 5.73 Å². The number of primary amides is 1. The van der Waals surface area contributed by atoms with Crippen LogP contribution in [0.2, 0.25) is 10.0 Å². The van der Waals surface area contributed by atoms with Crippen molar-refractivity contribution in [1.82, 2.24) is 0 Å². The van der Waals surface area contributed by atoms with E-state index in [1.807, 2.05) is 0 Å². The number of nitrogens with two attached hydrogens (primary N) is 1. The molecule has 0 aliphatic carbocycles. The lowest BCUT2D eigenvalue weighted by molar-refractivity contribution is -0.137. The average Bonchev–Trinajstić information content (AvgIpc) is 2.73. The van der Waals surface area contributed by atoms with Gasteiger partial charge in [-0.2, -0.15) is 13.2 Å². The van der Waals surface area contributed by atoms with E-state index in [2.05, 4.69) is 0 Å². The van der Waals surface area contributed by atoms with Gasteiger partial charge in [0.2, 0.25) is 5.91 Å². The van der Waals surface area contributed by atoms with Crippen molar-refractivity contribution in [2.75, 3.05) is 10.8 Å². The molecule has 5 nitrogen and oxygen atoms in total. The molecule has 33 heavy (non-hydrogen) atoms. The van der Waals surface area contributed by atoms with E-state index >= 15 is 0 Å². The molecule has 0 spiro atoms. The number of hydrogen-bond acceptors (Lipinski definition) is 3. The van der Waals surface area contributed by atoms with Gasteiger partial charge in [0.05, 0.1) is 16.1 Å². The van der Waals surface area contributed by atoms with Crippen LogP contribution >= 0.6 is 23.2 Å². The fraction of sp³-hybridized carbons (Fsp3) is 0.136. The van der Waals surface area contributed by atoms with Crippen LogP contribution in [0.4, 0.5) is 18.9 Å². The van der Waals surface area contributed by atoms with Gasteiger partial charge in [-0.15, -0.1) is 0 Å². The summed E-state index contributed by atoms with van der Waals surface area (Å²) in [6, 6.07) is 14.4. The maximum absolute atomic E-state index is 13.4. The van der Waals surface area contributed by atoms with Crippen molar-refractivity contribution in [3.63, 3.8) is 0 Å². The van der Waals surface area contributed by atoms with Crippen molar-refractivity contribution in [3.8, 4) is 0 Å². The quantitative estimate of drug-likeness (QED) is 0.463. The summed E-state index contributed by atoms with van der Waals surface area (Å²) in [6.07, 6.45) is -4.61. The topological polar surface area (TPSA) is 80.5 Å². The van der Waals surface area contributed by atoms with E-state index in [9.17, 15) is 26.4 Å². The van der Waals surface area contributed by atoms with Crippen molar-refractivity contribution in [2.45, 2.75) is 17.5 Å². The smallest absolute Gasteiger partial charge is 0.368 e. The van der Waals surface area contributed by atoms with Crippen LogP contribution in [0.25, 0.3) is 0 Å². The van der Waals surface area contributed by atoms with Crippen LogP contribution in [-0.4, -0.2) is 20.9 Å². The minimum absolute atomic E-state index is 0.0375. The minimum atomic E-state index is -4.75. The van der Waals surface area contributed by atoms with Gasteiger partial charge in [-0.05, 0) is 53.6 Å². The highest BCUT2D eigenvalue weighted by Crippen LogP contribution is 2.34. The van der Waals surface area contributed by atoms with Crippen LogP contribution in [0.1, 0.15) is 16.7 Å². The molecule has 11 heteroatoms. The van der Waals surface area contributed by atoms with Crippen molar-refractivity contribution < 1.29 is 26.4 Å². The molecule has 0 aliphatic rings. The molecule has 3 rings (SSSR count). The first kappa shape index (κ1) is 24.9. The van der Waals surface area contributed by atoms with Gasteiger partial charge in [-0.3, -0.25) is 9.10 Å². The molecule has 0 bridgehead atoms. The zero-order chi connectivity index (χ0) is 24.4. The van der Waals surface area contributed by atoms with Crippen LogP contribution in [0.15, 0.2) is 71.6 Å². The SMILES string of the molecule is NC(=O)CN(c1ccc(Cl)cc1Cc1ccccc1Cl)S(=O)(=O)c1cccc(C(F)(F)F)c1. The van der Waals surface area contributed by atoms with E-state index in [0.29, 0.717) is 26.5 Å². The summed E-state index contributed by atoms with van der Waals surface area (Å²) < 4.78 is 67.0. The maximum Gasteiger partial charge on any atom is 0.416 e. The lowest BCUT2D eigenvalue weighted by Gasteiger charge is -2.26. The third-order valence-electron chi connectivity index (χ3n) is 4.70. The number of benzene rings is 3. The number of carbonyl (C=O) groups excluding carboxylic acids is 1. The Morgan fingerprint density at radius 2 is 1.64 bits per heavy atom. The van der Waals surface area contributed by atoms with Gasteiger partial charge < -0.3 is 5.73 Å². The second-order valence-electron chi connectivity index (χ2n) is 7.04. The molecular weight excluding hydrogens is 500 g/mol. The summed E-state index contributed by atoms with van der Waals surface area (Å²) in [5, 5.41) is 0.710. The first-order valence-electron chi connectivity index (χ1n) is 9.39. The standard InChI is InChI=1S/C22H17Cl2F3N2O3S/c23-17-8-9-20(15(11-17)10-14-4-1-2-7-19(14)24)29(13-21(28)30)33(31,32)18-6-3-5-16(12-18)22(25,26)27/h1-9,11-12H,10,13H2,(H2,28,30). The van der Waals surface area contributed by atoms with Gasteiger partial charge in [0.25, 0.3) is 10.0 Å². The van der Waals surface area contributed by atoms with Crippen LogP contribution in [-0.2, 0) is 27.4 Å². The lowest BCUT2D eigenvalue weighted by Crippen LogP contribution is -2.39. The number of alkyl halides is 3. The maximum atomic E-state index is 13.4. The molecule has 0 atom stereocenters. The molecule has 0 aromatic heterocycles. The summed E-state index contributed by atoms with van der Waals surface area (Å²) in [6.45, 7) is -0.796. The Kier molecular flexibility index (Phi) is 7.26. The zero-order valence-electron chi connectivity index (χ0n) is 16.8. The largest absolute Gasteiger partial charge is 0.416 e. The molecular formula is C22H17Cl2F3N2O3S. The Balaban J connectivity index is 2.16. The Bertz CT molecular complexity index is 1300. The zero-order valence-corrected chi connectivity index (χ0v) is 19.1. The van der Waals surface area contributed by atoms with E-state index < -0.39 is 39.1 Å². The fourth-order valence-corrected chi connectivity index (χ4v) is 5.10. The molecule has 174 valence electrons. The van der Waals surface area contributed by atoms with E-state index in [0.717, 1.165) is 18.2 Å². The first-order valence-corrected chi connectivity index (χ1v) is 11.6. The predicted molar refractivity (Wildman–Crippen MR) is 121 cm³/mol. The summed E-state index contributed by atoms with van der Waals surface area (Å²) in [5.74, 6) is -0.996. The van der Waals surface area contributed by atoms with Crippen molar-refractivity contribution in [3.05, 3.63) is 93.5 Å². The number of nitrogens with zero attached hydrogens (tertiary/aromatic N) is 1. The lowest BCUT2D eigenvalue weighted by atomic mass is 10.0. The van der Waals surface area contributed by atoms with E-state index in [1.54, 1.807) is 24.3 Å². The third kappa shape index (κ3) is 5.79. The van der Waals surface area contributed by atoms with Gasteiger partial charge in [0.1, 0.15) is 6.54 Å². The Morgan fingerprint density at radius 1 is 0.939 bits per heavy atom. The average molecular weight is 517 g/mol. The van der Waals surface area contributed by atoms with Gasteiger partial charge in [0.15, 0.2) is 0 Å². The molecule has 0 aliphatic heterocycles. The fourth-order valence-electron chi connectivity index (χ4n) is 3.19. The van der Waals surface area contributed by atoms with Crippen LogP contribution in [0.3, 0.4) is 0 Å². The van der Waals surface area contributed by atoms with Gasteiger partial charge in [-0.1, -0.05) is 47.5 Å². The summed E-state index contributed by atoms with van der Waals surface area (Å²) in [7, 11) is -4.61. The molecule has 2 N–H and O–H groups in total. The highest BCUT2D eigenvalue weighted by Gasteiger charge is 2.34. The number of hydrogen-bond donors (Lipinski definition) is 1. The second kappa shape index (κ2) is 9.62. The van der Waals surface area contributed by atoms with E-state index in [4.69, 9.17) is 28.9 Å².